The molecular weight excluding hydrogens is 174 g/mol. The Balaban J connectivity index is 2.05. The molecule has 1 aliphatic rings. The van der Waals surface area contributed by atoms with Crippen LogP contribution in [-0.2, 0) is 6.54 Å². The summed E-state index contributed by atoms with van der Waals surface area (Å²) >= 11 is 0. The Hall–Kier alpha value is -0.800. The van der Waals surface area contributed by atoms with Crippen molar-refractivity contribution in [2.45, 2.75) is 32.4 Å². The van der Waals surface area contributed by atoms with Gasteiger partial charge in [0.05, 0.1) is 0 Å². The summed E-state index contributed by atoms with van der Waals surface area (Å²) in [5.74, 6) is 0. The molecule has 1 aliphatic heterocycles. The van der Waals surface area contributed by atoms with Crippen molar-refractivity contribution in [3.05, 3.63) is 23.5 Å². The lowest BCUT2D eigenvalue weighted by Crippen LogP contribution is -2.23. The second kappa shape index (κ2) is 4.15. The summed E-state index contributed by atoms with van der Waals surface area (Å²) in [7, 11) is 0. The highest BCUT2D eigenvalue weighted by Gasteiger charge is 2.19. The third-order valence-corrected chi connectivity index (χ3v) is 3.13. The monoisotopic (exact) mass is 193 g/mol. The molecule has 0 amide bonds. The van der Waals surface area contributed by atoms with Crippen LogP contribution in [0.2, 0.25) is 0 Å². The number of nitrogens with one attached hydrogen (secondary N) is 1. The van der Waals surface area contributed by atoms with Gasteiger partial charge in [-0.3, -0.25) is 4.90 Å². The zero-order valence-corrected chi connectivity index (χ0v) is 8.79. The van der Waals surface area contributed by atoms with E-state index in [1.54, 1.807) is 0 Å². The van der Waals surface area contributed by atoms with Crippen LogP contribution in [0.5, 0.6) is 0 Å². The normalized spacial score (nSPS) is 20.1. The highest BCUT2D eigenvalue weighted by atomic mass is 15.2. The summed E-state index contributed by atoms with van der Waals surface area (Å²) in [4.78, 5) is 5.89. The lowest BCUT2D eigenvalue weighted by atomic mass is 10.2. The molecule has 3 heteroatoms. The number of likely N-dealkylation sites (tertiary alicyclic amines) is 1. The van der Waals surface area contributed by atoms with Crippen molar-refractivity contribution < 1.29 is 0 Å². The van der Waals surface area contributed by atoms with Crippen molar-refractivity contribution in [2.75, 3.05) is 13.1 Å². The van der Waals surface area contributed by atoms with Crippen LogP contribution >= 0.6 is 0 Å². The highest BCUT2D eigenvalue weighted by molar-refractivity contribution is 5.16. The predicted molar refractivity (Wildman–Crippen MR) is 57.9 cm³/mol. The second-order valence-corrected chi connectivity index (χ2v) is 4.06. The number of nitrogens with two attached hydrogens (primary N) is 1. The van der Waals surface area contributed by atoms with Crippen LogP contribution in [0.3, 0.4) is 0 Å². The molecule has 1 saturated heterocycles. The minimum Gasteiger partial charge on any atom is -0.360 e. The average molecular weight is 193 g/mol. The third kappa shape index (κ3) is 1.83. The molecule has 1 aromatic heterocycles. The Morgan fingerprint density at radius 2 is 2.14 bits per heavy atom. The maximum Gasteiger partial charge on any atom is 0.0470 e. The molecular formula is C11H19N3. The molecule has 1 fully saturated rings. The van der Waals surface area contributed by atoms with Crippen LogP contribution in [-0.4, -0.2) is 23.0 Å². The van der Waals surface area contributed by atoms with Gasteiger partial charge in [-0.1, -0.05) is 0 Å². The standard InChI is InChI=1S/C11H19N3/c1-9(14-6-2-3-7-14)11-5-4-10(8-12)13-11/h4-5,9,13H,2-3,6-8,12H2,1H3. The molecule has 3 nitrogen and oxygen atoms in total. The summed E-state index contributed by atoms with van der Waals surface area (Å²) in [5, 5.41) is 0. The van der Waals surface area contributed by atoms with Crippen molar-refractivity contribution in [3.8, 4) is 0 Å². The van der Waals surface area contributed by atoms with Gasteiger partial charge in [-0.15, -0.1) is 0 Å². The first kappa shape index (κ1) is 9.74. The van der Waals surface area contributed by atoms with Gasteiger partial charge in [0.2, 0.25) is 0 Å². The average Bonchev–Trinajstić information content (AvgIpc) is 2.88. The Morgan fingerprint density at radius 1 is 1.43 bits per heavy atom. The van der Waals surface area contributed by atoms with Crippen LogP contribution in [0.1, 0.15) is 37.2 Å². The Labute approximate surface area is 85.3 Å². The van der Waals surface area contributed by atoms with Crippen molar-refractivity contribution >= 4 is 0 Å². The Morgan fingerprint density at radius 3 is 2.71 bits per heavy atom. The number of aromatic amines is 1. The second-order valence-electron chi connectivity index (χ2n) is 4.06. The summed E-state index contributed by atoms with van der Waals surface area (Å²) < 4.78 is 0. The van der Waals surface area contributed by atoms with E-state index in [9.17, 15) is 0 Å². The van der Waals surface area contributed by atoms with Crippen LogP contribution in [0, 0.1) is 0 Å². The first-order valence-corrected chi connectivity index (χ1v) is 5.43. The van der Waals surface area contributed by atoms with Crippen LogP contribution in [0.25, 0.3) is 0 Å². The van der Waals surface area contributed by atoms with Crippen LogP contribution < -0.4 is 5.73 Å². The van der Waals surface area contributed by atoms with Gasteiger partial charge < -0.3 is 10.7 Å². The Bertz CT molecular complexity index is 286. The summed E-state index contributed by atoms with van der Waals surface area (Å²) in [6.07, 6.45) is 2.68. The zero-order chi connectivity index (χ0) is 9.97. The molecule has 3 N–H and O–H groups in total. The first-order valence-electron chi connectivity index (χ1n) is 5.43. The van der Waals surface area contributed by atoms with E-state index in [1.807, 2.05) is 0 Å². The van der Waals surface area contributed by atoms with E-state index >= 15 is 0 Å². The molecule has 0 radical (unpaired) electrons. The van der Waals surface area contributed by atoms with Crippen molar-refractivity contribution in [3.63, 3.8) is 0 Å². The van der Waals surface area contributed by atoms with Gasteiger partial charge in [-0.2, -0.15) is 0 Å². The molecule has 2 heterocycles. The number of hydrogen-bond acceptors (Lipinski definition) is 2. The number of rotatable bonds is 3. The molecule has 0 spiro atoms. The van der Waals surface area contributed by atoms with Gasteiger partial charge in [0, 0.05) is 24.0 Å². The maximum atomic E-state index is 5.57. The molecule has 1 aromatic rings. The number of nitrogens with zero attached hydrogens (tertiary/aromatic N) is 1. The molecule has 1 atom stereocenters. The molecule has 0 aliphatic carbocycles. The fourth-order valence-corrected chi connectivity index (χ4v) is 2.15. The number of hydrogen-bond donors (Lipinski definition) is 2. The van der Waals surface area contributed by atoms with Gasteiger partial charge in [-0.25, -0.2) is 0 Å². The SMILES string of the molecule is CC(c1ccc(CN)[nH]1)N1CCCC1. The van der Waals surface area contributed by atoms with E-state index in [2.05, 4.69) is 28.9 Å². The summed E-state index contributed by atoms with van der Waals surface area (Å²) in [6.45, 7) is 5.33. The van der Waals surface area contributed by atoms with Gasteiger partial charge in [0.15, 0.2) is 0 Å². The van der Waals surface area contributed by atoms with Gasteiger partial charge in [0.25, 0.3) is 0 Å². The maximum absolute atomic E-state index is 5.57. The molecule has 14 heavy (non-hydrogen) atoms. The van der Waals surface area contributed by atoms with Crippen molar-refractivity contribution in [1.82, 2.24) is 9.88 Å². The van der Waals surface area contributed by atoms with E-state index < -0.39 is 0 Å². The van der Waals surface area contributed by atoms with Gasteiger partial charge in [-0.05, 0) is 45.0 Å². The smallest absolute Gasteiger partial charge is 0.0470 e. The lowest BCUT2D eigenvalue weighted by molar-refractivity contribution is 0.259. The molecule has 0 saturated carbocycles. The van der Waals surface area contributed by atoms with Crippen molar-refractivity contribution in [1.29, 1.82) is 0 Å². The molecule has 1 unspecified atom stereocenters. The fraction of sp³-hybridized carbons (Fsp3) is 0.636. The molecule has 0 bridgehead atoms. The van der Waals surface area contributed by atoms with E-state index in [0.717, 1.165) is 5.69 Å². The minimum atomic E-state index is 0.512. The third-order valence-electron chi connectivity index (χ3n) is 3.13. The van der Waals surface area contributed by atoms with Crippen molar-refractivity contribution in [2.24, 2.45) is 5.73 Å². The number of aromatic nitrogens is 1. The van der Waals surface area contributed by atoms with E-state index in [4.69, 9.17) is 5.73 Å². The Kier molecular flexibility index (Phi) is 2.89. The highest BCUT2D eigenvalue weighted by Crippen LogP contribution is 2.23. The lowest BCUT2D eigenvalue weighted by Gasteiger charge is -2.22. The van der Waals surface area contributed by atoms with E-state index in [-0.39, 0.29) is 0 Å². The molecule has 0 aromatic carbocycles. The van der Waals surface area contributed by atoms with Gasteiger partial charge in [0.1, 0.15) is 0 Å². The van der Waals surface area contributed by atoms with Gasteiger partial charge >= 0.3 is 0 Å². The predicted octanol–water partition coefficient (Wildman–Crippen LogP) is 1.63. The zero-order valence-electron chi connectivity index (χ0n) is 8.79. The van der Waals surface area contributed by atoms with Crippen LogP contribution in [0.15, 0.2) is 12.1 Å². The largest absolute Gasteiger partial charge is 0.360 e. The summed E-state index contributed by atoms with van der Waals surface area (Å²) in [6, 6.07) is 4.75. The topological polar surface area (TPSA) is 45.1 Å². The first-order chi connectivity index (χ1) is 6.81. The minimum absolute atomic E-state index is 0.512. The molecule has 78 valence electrons. The van der Waals surface area contributed by atoms with E-state index in [0.29, 0.717) is 12.6 Å². The van der Waals surface area contributed by atoms with E-state index in [1.165, 1.54) is 31.6 Å². The number of H-pyrrole nitrogens is 1. The van der Waals surface area contributed by atoms with Crippen LogP contribution in [0.4, 0.5) is 0 Å². The molecule has 2 rings (SSSR count). The quantitative estimate of drug-likeness (QED) is 0.766. The summed E-state index contributed by atoms with van der Waals surface area (Å²) in [5.41, 5.74) is 8.00. The fourth-order valence-electron chi connectivity index (χ4n) is 2.15.